The van der Waals surface area contributed by atoms with Gasteiger partial charge in [0.1, 0.15) is 5.82 Å². The highest BCUT2D eigenvalue weighted by molar-refractivity contribution is 5.61. The highest BCUT2D eigenvalue weighted by Gasteiger charge is 2.05. The number of ether oxygens (including phenoxy) is 1. The summed E-state index contributed by atoms with van der Waals surface area (Å²) in [6.45, 7) is 10.5. The summed E-state index contributed by atoms with van der Waals surface area (Å²) in [6.07, 6.45) is 1.47. The molecule has 2 N–H and O–H groups in total. The van der Waals surface area contributed by atoms with E-state index in [1.165, 1.54) is 6.20 Å². The minimum atomic E-state index is 0.400. The van der Waals surface area contributed by atoms with E-state index in [1.54, 1.807) is 4.68 Å². The van der Waals surface area contributed by atoms with Crippen LogP contribution in [0.3, 0.4) is 0 Å². The van der Waals surface area contributed by atoms with Crippen LogP contribution in [0.15, 0.2) is 6.20 Å². The Morgan fingerprint density at radius 1 is 1.77 bits per heavy atom. The van der Waals surface area contributed by atoms with E-state index in [4.69, 9.17) is 17.0 Å². The second kappa shape index (κ2) is 4.48. The number of nitrogens with two attached hydrogens (primary N) is 1. The van der Waals surface area contributed by atoms with Gasteiger partial charge >= 0.3 is 0 Å². The number of nitrogens with zero attached hydrogens (tertiary/aromatic N) is 3. The van der Waals surface area contributed by atoms with Crippen molar-refractivity contribution in [2.24, 2.45) is 0 Å². The average Bonchev–Trinajstić information content (AvgIpc) is 2.48. The smallest absolute Gasteiger partial charge is 0.247 e. The molecule has 0 unspecified atom stereocenters. The van der Waals surface area contributed by atoms with Crippen molar-refractivity contribution < 1.29 is 4.74 Å². The summed E-state index contributed by atoms with van der Waals surface area (Å²) < 4.78 is 6.71. The zero-order chi connectivity index (χ0) is 9.68. The minimum absolute atomic E-state index is 0.400. The first-order valence-electron chi connectivity index (χ1n) is 4.06. The lowest BCUT2D eigenvalue weighted by molar-refractivity contribution is 0.137. The molecule has 0 amide bonds. The van der Waals surface area contributed by atoms with Gasteiger partial charge in [-0.25, -0.2) is 4.85 Å². The lowest BCUT2D eigenvalue weighted by Gasteiger charge is -2.03. The van der Waals surface area contributed by atoms with Crippen LogP contribution in [-0.2, 0) is 11.3 Å². The molecule has 0 atom stereocenters. The summed E-state index contributed by atoms with van der Waals surface area (Å²) in [5.74, 6) is 0.412. The highest BCUT2D eigenvalue weighted by Crippen LogP contribution is 2.19. The van der Waals surface area contributed by atoms with Gasteiger partial charge in [0, 0.05) is 6.61 Å². The Kier molecular flexibility index (Phi) is 3.29. The third-order valence-electron chi connectivity index (χ3n) is 1.63. The quantitative estimate of drug-likeness (QED) is 0.556. The molecule has 0 bridgehead atoms. The molecule has 5 heteroatoms. The first-order valence-corrected chi connectivity index (χ1v) is 4.06. The van der Waals surface area contributed by atoms with Crippen molar-refractivity contribution in [1.82, 2.24) is 9.78 Å². The second-order valence-electron chi connectivity index (χ2n) is 2.45. The zero-order valence-electron chi connectivity index (χ0n) is 7.53. The fraction of sp³-hybridized carbons (Fsp3) is 0.500. The minimum Gasteiger partial charge on any atom is -0.393 e. The zero-order valence-corrected chi connectivity index (χ0v) is 7.53. The molecular weight excluding hydrogens is 168 g/mol. The molecule has 13 heavy (non-hydrogen) atoms. The molecule has 0 spiro atoms. The molecule has 1 rings (SSSR count). The van der Waals surface area contributed by atoms with Crippen LogP contribution in [0, 0.1) is 6.57 Å². The predicted molar refractivity (Wildman–Crippen MR) is 49.4 cm³/mol. The van der Waals surface area contributed by atoms with Crippen molar-refractivity contribution in [2.45, 2.75) is 13.5 Å². The first kappa shape index (κ1) is 9.55. The van der Waals surface area contributed by atoms with E-state index in [0.29, 0.717) is 31.3 Å². The van der Waals surface area contributed by atoms with Gasteiger partial charge in [-0.3, -0.25) is 4.68 Å². The molecule has 0 saturated heterocycles. The van der Waals surface area contributed by atoms with Crippen LogP contribution in [0.1, 0.15) is 6.92 Å². The maximum Gasteiger partial charge on any atom is 0.247 e. The number of nitrogen functional groups attached to an aromatic ring is 1. The standard InChI is InChI=1S/C8H12N4O/c1-3-13-5-4-12-8(9)7(10-2)6-11-12/h6H,3-5,9H2,1H3. The van der Waals surface area contributed by atoms with Crippen molar-refractivity contribution in [1.29, 1.82) is 0 Å². The summed E-state index contributed by atoms with van der Waals surface area (Å²) in [5.41, 5.74) is 6.03. The molecule has 1 heterocycles. The van der Waals surface area contributed by atoms with Gasteiger partial charge in [-0.05, 0) is 6.92 Å². The van der Waals surface area contributed by atoms with Crippen LogP contribution < -0.4 is 5.73 Å². The number of hydrogen-bond acceptors (Lipinski definition) is 3. The van der Waals surface area contributed by atoms with Crippen LogP contribution in [0.4, 0.5) is 11.5 Å². The van der Waals surface area contributed by atoms with Crippen LogP contribution in [-0.4, -0.2) is 23.0 Å². The predicted octanol–water partition coefficient (Wildman–Crippen LogP) is 1.05. The van der Waals surface area contributed by atoms with Crippen molar-refractivity contribution in [3.05, 3.63) is 17.6 Å². The monoisotopic (exact) mass is 180 g/mol. The Morgan fingerprint density at radius 3 is 3.08 bits per heavy atom. The van der Waals surface area contributed by atoms with Gasteiger partial charge in [-0.2, -0.15) is 5.10 Å². The average molecular weight is 180 g/mol. The molecule has 5 nitrogen and oxygen atoms in total. The van der Waals surface area contributed by atoms with E-state index in [1.807, 2.05) is 6.92 Å². The third-order valence-corrected chi connectivity index (χ3v) is 1.63. The largest absolute Gasteiger partial charge is 0.393 e. The van der Waals surface area contributed by atoms with E-state index in [0.717, 1.165) is 0 Å². The third kappa shape index (κ3) is 2.20. The molecule has 0 radical (unpaired) electrons. The molecule has 0 aromatic carbocycles. The van der Waals surface area contributed by atoms with E-state index in [9.17, 15) is 0 Å². The van der Waals surface area contributed by atoms with Crippen LogP contribution in [0.5, 0.6) is 0 Å². The lowest BCUT2D eigenvalue weighted by atomic mass is 10.5. The van der Waals surface area contributed by atoms with Gasteiger partial charge in [-0.1, -0.05) is 0 Å². The summed E-state index contributed by atoms with van der Waals surface area (Å²) in [7, 11) is 0. The van der Waals surface area contributed by atoms with Crippen molar-refractivity contribution in [3.8, 4) is 0 Å². The van der Waals surface area contributed by atoms with Crippen molar-refractivity contribution >= 4 is 11.5 Å². The van der Waals surface area contributed by atoms with Gasteiger partial charge in [0.05, 0.1) is 25.9 Å². The Morgan fingerprint density at radius 2 is 2.54 bits per heavy atom. The lowest BCUT2D eigenvalue weighted by Crippen LogP contribution is -2.09. The molecule has 1 aromatic heterocycles. The van der Waals surface area contributed by atoms with Crippen molar-refractivity contribution in [2.75, 3.05) is 18.9 Å². The Labute approximate surface area is 76.9 Å². The number of rotatable bonds is 4. The molecule has 0 saturated carbocycles. The van der Waals surface area contributed by atoms with Gasteiger partial charge < -0.3 is 10.5 Å². The van der Waals surface area contributed by atoms with Gasteiger partial charge in [0.15, 0.2) is 0 Å². The van der Waals surface area contributed by atoms with E-state index in [2.05, 4.69) is 9.94 Å². The molecule has 0 fully saturated rings. The normalized spacial score (nSPS) is 9.85. The van der Waals surface area contributed by atoms with E-state index < -0.39 is 0 Å². The molecular formula is C8H12N4O. The fourth-order valence-corrected chi connectivity index (χ4v) is 0.945. The summed E-state index contributed by atoms with van der Waals surface area (Å²) in [6, 6.07) is 0. The van der Waals surface area contributed by atoms with Crippen LogP contribution in [0.25, 0.3) is 4.85 Å². The van der Waals surface area contributed by atoms with E-state index >= 15 is 0 Å². The molecule has 0 aliphatic carbocycles. The van der Waals surface area contributed by atoms with Crippen molar-refractivity contribution in [3.63, 3.8) is 0 Å². The maximum atomic E-state index is 6.77. The molecule has 70 valence electrons. The fourth-order valence-electron chi connectivity index (χ4n) is 0.945. The molecule has 1 aromatic rings. The maximum absolute atomic E-state index is 6.77. The molecule has 0 aliphatic heterocycles. The first-order chi connectivity index (χ1) is 6.29. The summed E-state index contributed by atoms with van der Waals surface area (Å²) >= 11 is 0. The van der Waals surface area contributed by atoms with Gasteiger partial charge in [0.25, 0.3) is 0 Å². The van der Waals surface area contributed by atoms with Crippen LogP contribution in [0.2, 0.25) is 0 Å². The Bertz CT molecular complexity index is 312. The Balaban J connectivity index is 2.58. The summed E-state index contributed by atoms with van der Waals surface area (Å²) in [4.78, 5) is 3.22. The second-order valence-corrected chi connectivity index (χ2v) is 2.45. The SMILES string of the molecule is [C-]#[N+]c1cnn(CCOCC)c1N. The summed E-state index contributed by atoms with van der Waals surface area (Å²) in [5, 5.41) is 3.96. The van der Waals surface area contributed by atoms with Gasteiger partial charge in [-0.15, -0.1) is 0 Å². The topological polar surface area (TPSA) is 57.4 Å². The van der Waals surface area contributed by atoms with E-state index in [-0.39, 0.29) is 0 Å². The number of anilines is 1. The van der Waals surface area contributed by atoms with Crippen LogP contribution >= 0.6 is 0 Å². The number of hydrogen-bond donors (Lipinski definition) is 1. The molecule has 0 aliphatic rings. The van der Waals surface area contributed by atoms with Gasteiger partial charge in [0.2, 0.25) is 5.69 Å². The Hall–Kier alpha value is -1.54. The number of aromatic nitrogens is 2. The highest BCUT2D eigenvalue weighted by atomic mass is 16.5.